The highest BCUT2D eigenvalue weighted by molar-refractivity contribution is 6.31. The SMILES string of the molecule is C=C(COc1ccc(Cl)cc1NC(=O)NCc1ccc2c(c1)CN(C1CCC(=O)NC1=O)C2=O)C(N)=O. The number of carbonyl (C=O) groups excluding carboxylic acids is 5. The molecular weight excluding hydrogens is 502 g/mol. The Kier molecular flexibility index (Phi) is 7.44. The van der Waals surface area contributed by atoms with Gasteiger partial charge in [-0.1, -0.05) is 30.3 Å². The van der Waals surface area contributed by atoms with E-state index in [1.54, 1.807) is 24.3 Å². The summed E-state index contributed by atoms with van der Waals surface area (Å²) in [6, 6.07) is 8.54. The summed E-state index contributed by atoms with van der Waals surface area (Å²) in [7, 11) is 0. The van der Waals surface area contributed by atoms with E-state index in [9.17, 15) is 24.0 Å². The van der Waals surface area contributed by atoms with Gasteiger partial charge in [0, 0.05) is 35.7 Å². The van der Waals surface area contributed by atoms with E-state index < -0.39 is 23.9 Å². The lowest BCUT2D eigenvalue weighted by molar-refractivity contribution is -0.137. The zero-order valence-corrected chi connectivity index (χ0v) is 20.4. The number of nitrogens with two attached hydrogens (primary N) is 1. The van der Waals surface area contributed by atoms with Gasteiger partial charge in [-0.15, -0.1) is 0 Å². The van der Waals surface area contributed by atoms with Gasteiger partial charge in [0.2, 0.25) is 17.7 Å². The van der Waals surface area contributed by atoms with E-state index in [1.807, 2.05) is 0 Å². The number of piperidine rings is 1. The quantitative estimate of drug-likeness (QED) is 0.304. The molecule has 1 saturated heterocycles. The molecule has 2 heterocycles. The Bertz CT molecular complexity index is 1330. The normalized spacial score (nSPS) is 16.6. The molecular formula is C25H24ClN5O6. The van der Waals surface area contributed by atoms with Gasteiger partial charge < -0.3 is 26.0 Å². The summed E-state index contributed by atoms with van der Waals surface area (Å²) >= 11 is 6.04. The molecule has 1 atom stereocenters. The smallest absolute Gasteiger partial charge is 0.319 e. The summed E-state index contributed by atoms with van der Waals surface area (Å²) in [5.41, 5.74) is 7.47. The molecule has 1 fully saturated rings. The van der Waals surface area contributed by atoms with E-state index in [2.05, 4.69) is 22.5 Å². The average Bonchev–Trinajstić information content (AvgIpc) is 3.17. The first-order valence-electron chi connectivity index (χ1n) is 11.3. The summed E-state index contributed by atoms with van der Waals surface area (Å²) in [4.78, 5) is 61.6. The summed E-state index contributed by atoms with van der Waals surface area (Å²) in [6.07, 6.45) is 0.463. The first-order chi connectivity index (χ1) is 17.6. The maximum Gasteiger partial charge on any atom is 0.319 e. The second-order valence-electron chi connectivity index (χ2n) is 8.60. The first kappa shape index (κ1) is 25.7. The summed E-state index contributed by atoms with van der Waals surface area (Å²) in [6.45, 7) is 3.76. The number of primary amides is 1. The number of halogens is 1. The largest absolute Gasteiger partial charge is 0.487 e. The maximum atomic E-state index is 12.8. The molecule has 1 unspecified atom stereocenters. The Labute approximate surface area is 217 Å². The molecule has 192 valence electrons. The standard InChI is InChI=1S/C25H24ClN5O6/c1-13(22(27)33)12-37-20-6-3-16(26)9-18(20)29-25(36)28-10-14-2-4-17-15(8-14)11-31(24(17)35)19-5-7-21(32)30-23(19)34/h2-4,6,8-9,19H,1,5,7,10-12H2,(H2,27,33)(H2,28,29,36)(H,30,32,34). The number of urea groups is 1. The molecule has 5 N–H and O–H groups in total. The van der Waals surface area contributed by atoms with Gasteiger partial charge in [0.25, 0.3) is 5.91 Å². The van der Waals surface area contributed by atoms with Crippen molar-refractivity contribution in [3.63, 3.8) is 0 Å². The molecule has 0 bridgehead atoms. The van der Waals surface area contributed by atoms with Crippen LogP contribution in [0.25, 0.3) is 0 Å². The molecule has 12 heteroatoms. The third kappa shape index (κ3) is 5.89. The van der Waals surface area contributed by atoms with E-state index in [0.29, 0.717) is 10.6 Å². The third-order valence-electron chi connectivity index (χ3n) is 5.98. The Morgan fingerprint density at radius 2 is 1.97 bits per heavy atom. The number of hydrogen-bond donors (Lipinski definition) is 4. The van der Waals surface area contributed by atoms with Crippen LogP contribution in [0.1, 0.15) is 34.3 Å². The lowest BCUT2D eigenvalue weighted by Crippen LogP contribution is -2.52. The topological polar surface area (TPSA) is 160 Å². The Morgan fingerprint density at radius 3 is 2.70 bits per heavy atom. The fourth-order valence-corrected chi connectivity index (χ4v) is 4.22. The van der Waals surface area contributed by atoms with E-state index in [4.69, 9.17) is 22.1 Å². The summed E-state index contributed by atoms with van der Waals surface area (Å²) in [5, 5.41) is 8.01. The van der Waals surface area contributed by atoms with Crippen molar-refractivity contribution in [2.75, 3.05) is 11.9 Å². The Hall–Kier alpha value is -4.38. The van der Waals surface area contributed by atoms with Gasteiger partial charge in [0.1, 0.15) is 18.4 Å². The van der Waals surface area contributed by atoms with Crippen molar-refractivity contribution in [2.45, 2.75) is 32.0 Å². The maximum absolute atomic E-state index is 12.8. The molecule has 0 saturated carbocycles. The van der Waals surface area contributed by atoms with Crippen LogP contribution in [0, 0.1) is 0 Å². The number of ether oxygens (including phenoxy) is 1. The van der Waals surface area contributed by atoms with Gasteiger partial charge in [-0.3, -0.25) is 24.5 Å². The molecule has 2 aliphatic rings. The number of imide groups is 1. The highest BCUT2D eigenvalue weighted by Crippen LogP contribution is 2.29. The van der Waals surface area contributed by atoms with Gasteiger partial charge in [-0.2, -0.15) is 0 Å². The molecule has 4 rings (SSSR count). The number of benzene rings is 2. The highest BCUT2D eigenvalue weighted by atomic mass is 35.5. The number of fused-ring (bicyclic) bond motifs is 1. The number of amides is 6. The molecule has 2 aromatic carbocycles. The second-order valence-corrected chi connectivity index (χ2v) is 9.03. The Balaban J connectivity index is 1.37. The fraction of sp³-hybridized carbons (Fsp3) is 0.240. The van der Waals surface area contributed by atoms with E-state index in [-0.39, 0.29) is 61.4 Å². The lowest BCUT2D eigenvalue weighted by Gasteiger charge is -2.29. The number of hydrogen-bond acceptors (Lipinski definition) is 6. The molecule has 2 aliphatic heterocycles. The predicted molar refractivity (Wildman–Crippen MR) is 134 cm³/mol. The van der Waals surface area contributed by atoms with E-state index >= 15 is 0 Å². The van der Waals surface area contributed by atoms with Crippen LogP contribution in [-0.2, 0) is 27.5 Å². The van der Waals surface area contributed by atoms with Crippen LogP contribution in [0.5, 0.6) is 5.75 Å². The minimum Gasteiger partial charge on any atom is -0.487 e. The summed E-state index contributed by atoms with van der Waals surface area (Å²) < 4.78 is 5.53. The van der Waals surface area contributed by atoms with Crippen LogP contribution in [0.3, 0.4) is 0 Å². The van der Waals surface area contributed by atoms with Gasteiger partial charge in [-0.05, 0) is 41.8 Å². The van der Waals surface area contributed by atoms with Crippen LogP contribution in [-0.4, -0.2) is 47.2 Å². The van der Waals surface area contributed by atoms with Crippen LogP contribution in [0.15, 0.2) is 48.6 Å². The minimum absolute atomic E-state index is 0.0663. The number of rotatable bonds is 8. The van der Waals surface area contributed by atoms with Crippen molar-refractivity contribution < 1.29 is 28.7 Å². The van der Waals surface area contributed by atoms with Crippen molar-refractivity contribution in [3.8, 4) is 5.75 Å². The average molecular weight is 526 g/mol. The van der Waals surface area contributed by atoms with Crippen molar-refractivity contribution in [2.24, 2.45) is 5.73 Å². The van der Waals surface area contributed by atoms with Crippen LogP contribution in [0.4, 0.5) is 10.5 Å². The molecule has 37 heavy (non-hydrogen) atoms. The zero-order valence-electron chi connectivity index (χ0n) is 19.6. The first-order valence-corrected chi connectivity index (χ1v) is 11.7. The fourth-order valence-electron chi connectivity index (χ4n) is 4.05. The van der Waals surface area contributed by atoms with Gasteiger partial charge in [0.05, 0.1) is 5.69 Å². The molecule has 0 aromatic heterocycles. The molecule has 2 aromatic rings. The van der Waals surface area contributed by atoms with Gasteiger partial charge >= 0.3 is 6.03 Å². The summed E-state index contributed by atoms with van der Waals surface area (Å²) in [5.74, 6) is -1.51. The minimum atomic E-state index is -0.697. The van der Waals surface area contributed by atoms with Crippen molar-refractivity contribution >= 4 is 46.9 Å². The van der Waals surface area contributed by atoms with Crippen LogP contribution < -0.4 is 26.4 Å². The van der Waals surface area contributed by atoms with Gasteiger partial charge in [-0.25, -0.2) is 4.79 Å². The number of anilines is 1. The molecule has 0 aliphatic carbocycles. The van der Waals surface area contributed by atoms with Crippen molar-refractivity contribution in [1.82, 2.24) is 15.5 Å². The molecule has 0 spiro atoms. The van der Waals surface area contributed by atoms with Gasteiger partial charge in [0.15, 0.2) is 0 Å². The van der Waals surface area contributed by atoms with E-state index in [0.717, 1.165) is 11.1 Å². The second kappa shape index (κ2) is 10.7. The molecule has 0 radical (unpaired) electrons. The van der Waals surface area contributed by atoms with Crippen molar-refractivity contribution in [3.05, 3.63) is 70.3 Å². The third-order valence-corrected chi connectivity index (χ3v) is 6.22. The Morgan fingerprint density at radius 1 is 1.19 bits per heavy atom. The predicted octanol–water partition coefficient (Wildman–Crippen LogP) is 1.84. The number of carbonyl (C=O) groups is 5. The zero-order chi connectivity index (χ0) is 26.7. The lowest BCUT2D eigenvalue weighted by atomic mass is 10.0. The van der Waals surface area contributed by atoms with Crippen LogP contribution >= 0.6 is 11.6 Å². The monoisotopic (exact) mass is 525 g/mol. The molecule has 11 nitrogen and oxygen atoms in total. The van der Waals surface area contributed by atoms with Crippen LogP contribution in [0.2, 0.25) is 5.02 Å². The van der Waals surface area contributed by atoms with Crippen molar-refractivity contribution in [1.29, 1.82) is 0 Å². The molecule has 6 amide bonds. The van der Waals surface area contributed by atoms with E-state index in [1.165, 1.54) is 17.0 Å². The number of nitrogens with zero attached hydrogens (tertiary/aromatic N) is 1. The highest BCUT2D eigenvalue weighted by Gasteiger charge is 2.39. The number of nitrogens with one attached hydrogen (secondary N) is 3.